The molecule has 1 aromatic rings. The number of aromatic nitrogens is 2. The van der Waals surface area contributed by atoms with Crippen molar-refractivity contribution in [2.24, 2.45) is 0 Å². The van der Waals surface area contributed by atoms with Crippen LogP contribution in [0.3, 0.4) is 0 Å². The minimum Gasteiger partial charge on any atom is -0.337 e. The van der Waals surface area contributed by atoms with Crippen molar-refractivity contribution in [1.82, 2.24) is 20.3 Å². The first-order chi connectivity index (χ1) is 11.5. The second-order valence-corrected chi connectivity index (χ2v) is 5.24. The molecule has 1 aromatic heterocycles. The Morgan fingerprint density at radius 3 is 2.46 bits per heavy atom. The lowest BCUT2D eigenvalue weighted by Gasteiger charge is -2.06. The smallest absolute Gasteiger partial charge is 0.336 e. The lowest BCUT2D eigenvalue weighted by atomic mass is 10.1. The number of carbonyl (C=O) groups is 2. The Morgan fingerprint density at radius 2 is 1.79 bits per heavy atom. The molecule has 0 saturated carbocycles. The molecule has 4 N–H and O–H groups in total. The predicted octanol–water partition coefficient (Wildman–Crippen LogP) is 1.45. The summed E-state index contributed by atoms with van der Waals surface area (Å²) in [5, 5.41) is 10.8. The number of halogens is 1. The van der Waals surface area contributed by atoms with E-state index in [1.54, 1.807) is 10.5 Å². The molecule has 0 fully saturated rings. The van der Waals surface area contributed by atoms with Gasteiger partial charge in [0.15, 0.2) is 0 Å². The van der Waals surface area contributed by atoms with Gasteiger partial charge in [0.25, 0.3) is 5.56 Å². The molecule has 0 saturated heterocycles. The number of nitrogens with zero attached hydrogens (tertiary/aromatic N) is 1. The normalized spacial score (nSPS) is 10.4. The minimum atomic E-state index is -1.21. The fourth-order valence-electron chi connectivity index (χ4n) is 2.05. The summed E-state index contributed by atoms with van der Waals surface area (Å²) in [5.41, 5.74) is -0.589. The molecule has 1 rings (SSSR count). The summed E-state index contributed by atoms with van der Waals surface area (Å²) in [6, 6.07) is -0.801. The Labute approximate surface area is 142 Å². The maximum absolute atomic E-state index is 13.1. The lowest BCUT2D eigenvalue weighted by Crippen LogP contribution is -2.40. The second kappa shape index (κ2) is 10.3. The molecule has 0 atom stereocenters. The Hall–Kier alpha value is -2.49. The highest BCUT2D eigenvalue weighted by molar-refractivity contribution is 5.76. The van der Waals surface area contributed by atoms with Crippen LogP contribution in [0.15, 0.2) is 15.8 Å². The Morgan fingerprint density at radius 1 is 1.17 bits per heavy atom. The summed E-state index contributed by atoms with van der Waals surface area (Å²) < 4.78 is 13.5. The van der Waals surface area contributed by atoms with E-state index in [-0.39, 0.29) is 12.1 Å². The first-order valence-electron chi connectivity index (χ1n) is 7.68. The number of hydroxylamine groups is 1. The van der Waals surface area contributed by atoms with Crippen molar-refractivity contribution in [3.8, 4) is 0 Å². The number of nitrogens with one attached hydrogen (secondary N) is 3. The summed E-state index contributed by atoms with van der Waals surface area (Å²) in [5.74, 6) is -1.61. The number of hydrogen-bond acceptors (Lipinski definition) is 5. The van der Waals surface area contributed by atoms with Gasteiger partial charge in [-0.1, -0.05) is 25.7 Å². The summed E-state index contributed by atoms with van der Waals surface area (Å²) in [4.78, 5) is 46.4. The van der Waals surface area contributed by atoms with Crippen LogP contribution >= 0.6 is 0 Å². The van der Waals surface area contributed by atoms with Gasteiger partial charge in [-0.15, -0.1) is 0 Å². The zero-order valence-corrected chi connectivity index (χ0v) is 13.1. The highest BCUT2D eigenvalue weighted by Crippen LogP contribution is 2.06. The zero-order chi connectivity index (χ0) is 17.9. The molecular formula is C14H29FN4O5. The average molecular weight is 352 g/mol. The largest absolute Gasteiger partial charge is 0.337 e. The van der Waals surface area contributed by atoms with Crippen molar-refractivity contribution in [3.63, 3.8) is 0 Å². The van der Waals surface area contributed by atoms with Crippen LogP contribution in [0.1, 0.15) is 50.7 Å². The van der Waals surface area contributed by atoms with Crippen molar-refractivity contribution in [3.05, 3.63) is 32.9 Å². The number of carbonyl (C=O) groups excluding carboxylic acids is 2. The molecule has 1 heterocycles. The maximum Gasteiger partial charge on any atom is 0.336 e. The number of rotatable bonds is 9. The fourth-order valence-corrected chi connectivity index (χ4v) is 2.05. The Balaban J connectivity index is -0.000000720. The van der Waals surface area contributed by atoms with Crippen LogP contribution in [0.2, 0.25) is 0 Å². The van der Waals surface area contributed by atoms with Gasteiger partial charge in [0.05, 0.1) is 6.20 Å². The van der Waals surface area contributed by atoms with Crippen molar-refractivity contribution >= 4 is 11.9 Å². The van der Waals surface area contributed by atoms with Gasteiger partial charge in [-0.05, 0) is 12.8 Å². The SMILES string of the molecule is O=C(CCCCCCCCNC(=O)n1cc(F)c(=O)[nH]c1=O)NO.[HH].[HH].[HH].[HH]. The minimum absolute atomic E-state index is 0. The zero-order valence-electron chi connectivity index (χ0n) is 13.1. The van der Waals surface area contributed by atoms with E-state index in [0.717, 1.165) is 25.7 Å². The molecule has 0 radical (unpaired) electrons. The number of amides is 2. The van der Waals surface area contributed by atoms with Gasteiger partial charge in [-0.2, -0.15) is 4.39 Å². The van der Waals surface area contributed by atoms with Crippen molar-refractivity contribution in [2.45, 2.75) is 44.9 Å². The van der Waals surface area contributed by atoms with E-state index in [0.29, 0.717) is 30.2 Å². The van der Waals surface area contributed by atoms with Crippen LogP contribution in [0.5, 0.6) is 0 Å². The molecule has 0 aliphatic rings. The summed E-state index contributed by atoms with van der Waals surface area (Å²) in [6.45, 7) is 0.318. The summed E-state index contributed by atoms with van der Waals surface area (Å²) >= 11 is 0. The Kier molecular flexibility index (Phi) is 8.41. The van der Waals surface area contributed by atoms with Crippen LogP contribution in [-0.2, 0) is 4.79 Å². The van der Waals surface area contributed by atoms with Gasteiger partial charge in [0.1, 0.15) is 0 Å². The topological polar surface area (TPSA) is 133 Å². The molecule has 0 aliphatic heterocycles. The number of H-pyrrole nitrogens is 1. The Bertz CT molecular complexity index is 686. The van der Waals surface area contributed by atoms with Gasteiger partial charge in [0.2, 0.25) is 11.7 Å². The molecule has 0 spiro atoms. The molecule has 0 unspecified atom stereocenters. The van der Waals surface area contributed by atoms with Crippen LogP contribution < -0.4 is 22.0 Å². The lowest BCUT2D eigenvalue weighted by molar-refractivity contribution is -0.129. The molecular weight excluding hydrogens is 323 g/mol. The standard InChI is InChI=1S/C14H21FN4O5.4H2/c15-10-9-19(14(23)17-12(10)21)13(22)16-8-6-4-2-1-3-5-7-11(20)18-24;;;;/h9,24H,1-8H2,(H,16,22)(H,18,20)(H,17,21,23);4*1H. The summed E-state index contributed by atoms with van der Waals surface area (Å²) in [6.07, 6.45) is 5.79. The molecule has 24 heavy (non-hydrogen) atoms. The molecule has 0 aromatic carbocycles. The number of aromatic amines is 1. The molecule has 10 heteroatoms. The molecule has 0 bridgehead atoms. The van der Waals surface area contributed by atoms with Gasteiger partial charge < -0.3 is 5.32 Å². The molecule has 9 nitrogen and oxygen atoms in total. The number of hydrogen-bond donors (Lipinski definition) is 4. The van der Waals surface area contributed by atoms with E-state index in [1.807, 2.05) is 0 Å². The third kappa shape index (κ3) is 6.73. The van der Waals surface area contributed by atoms with Crippen LogP contribution in [-0.4, -0.2) is 33.2 Å². The maximum atomic E-state index is 13.1. The van der Waals surface area contributed by atoms with E-state index >= 15 is 0 Å². The number of unbranched alkanes of at least 4 members (excludes halogenated alkanes) is 5. The van der Waals surface area contributed by atoms with Crippen molar-refractivity contribution < 1.29 is 24.9 Å². The molecule has 2 amide bonds. The monoisotopic (exact) mass is 352 g/mol. The van der Waals surface area contributed by atoms with Gasteiger partial charge in [-0.3, -0.25) is 19.8 Å². The average Bonchev–Trinajstić information content (AvgIpc) is 2.56. The second-order valence-electron chi connectivity index (χ2n) is 5.24. The van der Waals surface area contributed by atoms with E-state index < -0.39 is 29.0 Å². The quantitative estimate of drug-likeness (QED) is 0.303. The van der Waals surface area contributed by atoms with Crippen LogP contribution in [0.25, 0.3) is 0 Å². The van der Waals surface area contributed by atoms with Crippen LogP contribution in [0, 0.1) is 5.82 Å². The highest BCUT2D eigenvalue weighted by Gasteiger charge is 2.10. The van der Waals surface area contributed by atoms with Crippen molar-refractivity contribution in [1.29, 1.82) is 0 Å². The van der Waals surface area contributed by atoms with E-state index in [4.69, 9.17) is 5.21 Å². The highest BCUT2D eigenvalue weighted by atomic mass is 19.1. The third-order valence-electron chi connectivity index (χ3n) is 3.35. The predicted molar refractivity (Wildman–Crippen MR) is 90.8 cm³/mol. The van der Waals surface area contributed by atoms with Gasteiger partial charge in [0, 0.05) is 18.7 Å². The van der Waals surface area contributed by atoms with Gasteiger partial charge >= 0.3 is 11.7 Å². The molecule has 0 aliphatic carbocycles. The fraction of sp³-hybridized carbons (Fsp3) is 0.571. The summed E-state index contributed by atoms with van der Waals surface area (Å²) in [7, 11) is 0. The molecule has 142 valence electrons. The third-order valence-corrected chi connectivity index (χ3v) is 3.35. The van der Waals surface area contributed by atoms with E-state index in [1.165, 1.54) is 0 Å². The van der Waals surface area contributed by atoms with E-state index in [2.05, 4.69) is 5.32 Å². The van der Waals surface area contributed by atoms with Crippen molar-refractivity contribution in [2.75, 3.05) is 6.54 Å². The first-order valence-corrected chi connectivity index (χ1v) is 7.68. The van der Waals surface area contributed by atoms with Crippen LogP contribution in [0.4, 0.5) is 9.18 Å². The van der Waals surface area contributed by atoms with Gasteiger partial charge in [-0.25, -0.2) is 19.6 Å². The first kappa shape index (κ1) is 19.6. The van der Waals surface area contributed by atoms with E-state index in [9.17, 15) is 23.6 Å².